The number of piperazine rings is 1. The zero-order valence-electron chi connectivity index (χ0n) is 14.0. The van der Waals surface area contributed by atoms with Crippen LogP contribution in [0.25, 0.3) is 11.5 Å². The Morgan fingerprint density at radius 3 is 2.35 bits per heavy atom. The number of hydrogen-bond acceptors (Lipinski definition) is 5. The summed E-state index contributed by atoms with van der Waals surface area (Å²) in [6.07, 6.45) is 0. The van der Waals surface area contributed by atoms with Crippen LogP contribution in [0.3, 0.4) is 0 Å². The van der Waals surface area contributed by atoms with E-state index in [0.717, 1.165) is 5.56 Å². The van der Waals surface area contributed by atoms with Crippen molar-refractivity contribution in [3.05, 3.63) is 65.2 Å². The molecule has 2 heterocycles. The van der Waals surface area contributed by atoms with Gasteiger partial charge in [-0.1, -0.05) is 47.0 Å². The van der Waals surface area contributed by atoms with Crippen molar-refractivity contribution in [3.8, 4) is 11.5 Å². The third kappa shape index (κ3) is 3.28. The van der Waals surface area contributed by atoms with E-state index in [0.29, 0.717) is 48.7 Å². The van der Waals surface area contributed by atoms with Gasteiger partial charge >= 0.3 is 6.01 Å². The maximum Gasteiger partial charge on any atom is 0.318 e. The molecular formula is C19H17ClN4O2. The Bertz CT molecular complexity index is 905. The normalized spacial score (nSPS) is 14.5. The first-order valence-corrected chi connectivity index (χ1v) is 8.78. The predicted molar refractivity (Wildman–Crippen MR) is 99.3 cm³/mol. The molecule has 0 bridgehead atoms. The third-order valence-electron chi connectivity index (χ3n) is 4.38. The molecule has 0 radical (unpaired) electrons. The molecule has 0 atom stereocenters. The van der Waals surface area contributed by atoms with E-state index in [9.17, 15) is 4.79 Å². The van der Waals surface area contributed by atoms with Gasteiger partial charge in [0.05, 0.1) is 10.6 Å². The van der Waals surface area contributed by atoms with Crippen molar-refractivity contribution >= 4 is 23.5 Å². The molecule has 7 heteroatoms. The fraction of sp³-hybridized carbons (Fsp3) is 0.211. The molecule has 1 amide bonds. The highest BCUT2D eigenvalue weighted by atomic mass is 35.5. The van der Waals surface area contributed by atoms with E-state index in [2.05, 4.69) is 10.2 Å². The number of aromatic nitrogens is 2. The maximum absolute atomic E-state index is 12.6. The van der Waals surface area contributed by atoms with Gasteiger partial charge in [-0.05, 0) is 24.3 Å². The van der Waals surface area contributed by atoms with Crippen molar-refractivity contribution in [3.63, 3.8) is 0 Å². The van der Waals surface area contributed by atoms with Crippen LogP contribution < -0.4 is 4.90 Å². The van der Waals surface area contributed by atoms with Crippen molar-refractivity contribution in [1.29, 1.82) is 0 Å². The molecule has 2 aromatic carbocycles. The Hall–Kier alpha value is -2.86. The van der Waals surface area contributed by atoms with Gasteiger partial charge in [-0.25, -0.2) is 0 Å². The van der Waals surface area contributed by atoms with Crippen LogP contribution in [0.5, 0.6) is 0 Å². The Balaban J connectivity index is 1.42. The first kappa shape index (κ1) is 16.6. The van der Waals surface area contributed by atoms with Gasteiger partial charge in [-0.2, -0.15) is 0 Å². The van der Waals surface area contributed by atoms with Crippen LogP contribution in [0.15, 0.2) is 59.0 Å². The molecule has 6 nitrogen and oxygen atoms in total. The molecule has 1 aliphatic heterocycles. The minimum atomic E-state index is -0.0502. The quantitative estimate of drug-likeness (QED) is 0.709. The number of nitrogens with zero attached hydrogens (tertiary/aromatic N) is 4. The molecule has 26 heavy (non-hydrogen) atoms. The molecule has 1 aliphatic rings. The fourth-order valence-corrected chi connectivity index (χ4v) is 3.16. The lowest BCUT2D eigenvalue weighted by Gasteiger charge is -2.33. The lowest BCUT2D eigenvalue weighted by atomic mass is 10.2. The zero-order chi connectivity index (χ0) is 17.9. The van der Waals surface area contributed by atoms with E-state index in [4.69, 9.17) is 16.0 Å². The van der Waals surface area contributed by atoms with Crippen LogP contribution in [0.1, 0.15) is 10.4 Å². The smallest absolute Gasteiger partial charge is 0.318 e. The minimum Gasteiger partial charge on any atom is -0.403 e. The Labute approximate surface area is 156 Å². The average molecular weight is 369 g/mol. The first-order chi connectivity index (χ1) is 12.7. The molecule has 1 aromatic heterocycles. The van der Waals surface area contributed by atoms with Crippen molar-refractivity contribution in [2.75, 3.05) is 31.1 Å². The summed E-state index contributed by atoms with van der Waals surface area (Å²) >= 11 is 6.13. The lowest BCUT2D eigenvalue weighted by molar-refractivity contribution is 0.0745. The first-order valence-electron chi connectivity index (χ1n) is 8.40. The largest absolute Gasteiger partial charge is 0.403 e. The van der Waals surface area contributed by atoms with Crippen LogP contribution in [0, 0.1) is 0 Å². The number of rotatable bonds is 3. The molecule has 1 fully saturated rings. The summed E-state index contributed by atoms with van der Waals surface area (Å²) in [4.78, 5) is 16.4. The van der Waals surface area contributed by atoms with Gasteiger partial charge in [-0.15, -0.1) is 5.10 Å². The second-order valence-electron chi connectivity index (χ2n) is 6.01. The molecule has 132 valence electrons. The third-order valence-corrected chi connectivity index (χ3v) is 4.71. The van der Waals surface area contributed by atoms with Gasteiger partial charge in [0.25, 0.3) is 5.91 Å². The van der Waals surface area contributed by atoms with Gasteiger partial charge in [0.15, 0.2) is 0 Å². The summed E-state index contributed by atoms with van der Waals surface area (Å²) in [6.45, 7) is 2.42. The molecule has 1 saturated heterocycles. The highest BCUT2D eigenvalue weighted by molar-refractivity contribution is 6.33. The molecule has 0 N–H and O–H groups in total. The van der Waals surface area contributed by atoms with Crippen LogP contribution in [0.2, 0.25) is 5.02 Å². The molecule has 0 unspecified atom stereocenters. The Kier molecular flexibility index (Phi) is 4.58. The minimum absolute atomic E-state index is 0.0502. The van der Waals surface area contributed by atoms with Crippen molar-refractivity contribution in [2.45, 2.75) is 0 Å². The average Bonchev–Trinajstić information content (AvgIpc) is 3.19. The van der Waals surface area contributed by atoms with Crippen molar-refractivity contribution in [1.82, 2.24) is 15.1 Å². The molecule has 3 aromatic rings. The van der Waals surface area contributed by atoms with Crippen molar-refractivity contribution < 1.29 is 9.21 Å². The molecule has 0 spiro atoms. The number of halogens is 1. The summed E-state index contributed by atoms with van der Waals surface area (Å²) in [5, 5.41) is 8.74. The molecule has 4 rings (SSSR count). The number of carbonyl (C=O) groups excluding carboxylic acids is 1. The fourth-order valence-electron chi connectivity index (χ4n) is 2.95. The number of anilines is 1. The predicted octanol–water partition coefficient (Wildman–Crippen LogP) is 3.35. The molecule has 0 saturated carbocycles. The van der Waals surface area contributed by atoms with E-state index in [1.54, 1.807) is 17.0 Å². The van der Waals surface area contributed by atoms with Crippen LogP contribution in [0.4, 0.5) is 6.01 Å². The summed E-state index contributed by atoms with van der Waals surface area (Å²) in [7, 11) is 0. The molecular weight excluding hydrogens is 352 g/mol. The number of benzene rings is 2. The van der Waals surface area contributed by atoms with E-state index >= 15 is 0 Å². The highest BCUT2D eigenvalue weighted by Crippen LogP contribution is 2.23. The lowest BCUT2D eigenvalue weighted by Crippen LogP contribution is -2.49. The second-order valence-corrected chi connectivity index (χ2v) is 6.42. The van der Waals surface area contributed by atoms with Gasteiger partial charge < -0.3 is 14.2 Å². The van der Waals surface area contributed by atoms with E-state index in [-0.39, 0.29) is 5.91 Å². The number of amides is 1. The van der Waals surface area contributed by atoms with E-state index < -0.39 is 0 Å². The SMILES string of the molecule is O=C(c1ccccc1Cl)N1CCN(c2nnc(-c3ccccc3)o2)CC1. The zero-order valence-corrected chi connectivity index (χ0v) is 14.8. The van der Waals surface area contributed by atoms with Gasteiger partial charge in [0.1, 0.15) is 0 Å². The Morgan fingerprint density at radius 1 is 0.923 bits per heavy atom. The molecule has 0 aliphatic carbocycles. The van der Waals surface area contributed by atoms with Crippen LogP contribution in [-0.2, 0) is 0 Å². The summed E-state index contributed by atoms with van der Waals surface area (Å²) < 4.78 is 5.79. The van der Waals surface area contributed by atoms with Gasteiger partial charge in [-0.3, -0.25) is 4.79 Å². The maximum atomic E-state index is 12.6. The van der Waals surface area contributed by atoms with E-state index in [1.807, 2.05) is 47.4 Å². The second kappa shape index (κ2) is 7.17. The number of carbonyl (C=O) groups is 1. The van der Waals surface area contributed by atoms with E-state index in [1.165, 1.54) is 0 Å². The monoisotopic (exact) mass is 368 g/mol. The van der Waals surface area contributed by atoms with Gasteiger partial charge in [0.2, 0.25) is 5.89 Å². The standard InChI is InChI=1S/C19H17ClN4O2/c20-16-9-5-4-8-15(16)18(25)23-10-12-24(13-11-23)19-22-21-17(26-19)14-6-2-1-3-7-14/h1-9H,10-13H2. The highest BCUT2D eigenvalue weighted by Gasteiger charge is 2.26. The summed E-state index contributed by atoms with van der Waals surface area (Å²) in [6, 6.07) is 17.3. The van der Waals surface area contributed by atoms with Gasteiger partial charge in [0, 0.05) is 31.7 Å². The summed E-state index contributed by atoms with van der Waals surface area (Å²) in [5.41, 5.74) is 1.42. The van der Waals surface area contributed by atoms with Crippen LogP contribution in [-0.4, -0.2) is 47.2 Å². The Morgan fingerprint density at radius 2 is 1.62 bits per heavy atom. The van der Waals surface area contributed by atoms with Crippen LogP contribution >= 0.6 is 11.6 Å². The van der Waals surface area contributed by atoms with Crippen molar-refractivity contribution in [2.24, 2.45) is 0 Å². The number of hydrogen-bond donors (Lipinski definition) is 0. The summed E-state index contributed by atoms with van der Waals surface area (Å²) in [5.74, 6) is 0.445. The topological polar surface area (TPSA) is 62.5 Å².